The predicted molar refractivity (Wildman–Crippen MR) is 304 cm³/mol. The second-order valence-corrected chi connectivity index (χ2v) is 21.1. The Labute approximate surface area is 459 Å². The van der Waals surface area contributed by atoms with Crippen LogP contribution in [0.3, 0.4) is 0 Å². The molecule has 0 radical (unpaired) electrons. The highest BCUT2D eigenvalue weighted by atomic mass is 35.5. The molecule has 0 atom stereocenters. The summed E-state index contributed by atoms with van der Waals surface area (Å²) in [5.41, 5.74) is 5.75. The highest BCUT2D eigenvalue weighted by Crippen LogP contribution is 2.37. The SMILES string of the molecule is CCOc1ncc2c(n1)c(NC1CC1)nc1cc(C(=O)O)ccc12.O=C(O)c1ccc2c(c1)nc(NC1CC1)c1nc(NC3CC3)ncc12.O=C(O)c1ccc2c(c1)nc(NC1CC1)c1nc(SCc3ccccc3Cl)ncc12. The van der Waals surface area contributed by atoms with Crippen LogP contribution in [0.5, 0.6) is 6.01 Å². The molecular weight excluding hydrogens is 1050 g/mol. The van der Waals surface area contributed by atoms with E-state index >= 15 is 0 Å². The lowest BCUT2D eigenvalue weighted by molar-refractivity contribution is 0.0686. The van der Waals surface area contributed by atoms with Crippen molar-refractivity contribution in [3.05, 3.63) is 125 Å². The van der Waals surface area contributed by atoms with Gasteiger partial charge in [0.05, 0.1) is 39.8 Å². The van der Waals surface area contributed by atoms with Crippen LogP contribution in [0, 0.1) is 0 Å². The van der Waals surface area contributed by atoms with Crippen LogP contribution in [0.15, 0.2) is 103 Å². The largest absolute Gasteiger partial charge is 0.478 e. The first-order valence-electron chi connectivity index (χ1n) is 26.0. The molecule has 0 unspecified atom stereocenters. The molecule has 7 N–H and O–H groups in total. The third-order valence-electron chi connectivity index (χ3n) is 13.5. The maximum atomic E-state index is 11.4. The van der Waals surface area contributed by atoms with E-state index in [9.17, 15) is 29.7 Å². The Kier molecular flexibility index (Phi) is 13.9. The highest BCUT2D eigenvalue weighted by molar-refractivity contribution is 7.98. The number of fused-ring (bicyclic) bond motifs is 9. The third kappa shape index (κ3) is 11.6. The number of carboxylic acid groups (broad SMARTS) is 3. The number of ether oxygens (including phenoxy) is 1. The summed E-state index contributed by atoms with van der Waals surface area (Å²) in [5, 5.41) is 47.7. The number of nitrogens with one attached hydrogen (secondary N) is 4. The van der Waals surface area contributed by atoms with Crippen molar-refractivity contribution in [2.75, 3.05) is 27.9 Å². The summed E-state index contributed by atoms with van der Waals surface area (Å²) in [7, 11) is 0. The van der Waals surface area contributed by atoms with E-state index in [-0.39, 0.29) is 16.7 Å². The Hall–Kier alpha value is -8.82. The van der Waals surface area contributed by atoms with Gasteiger partial charge in [0.15, 0.2) is 22.6 Å². The number of benzene rings is 4. The lowest BCUT2D eigenvalue weighted by Gasteiger charge is -2.12. The molecule has 6 aromatic heterocycles. The maximum absolute atomic E-state index is 11.4. The fourth-order valence-corrected chi connectivity index (χ4v) is 9.89. The Morgan fingerprint density at radius 3 is 1.42 bits per heavy atom. The van der Waals surface area contributed by atoms with Crippen molar-refractivity contribution in [1.82, 2.24) is 44.9 Å². The first kappa shape index (κ1) is 51.0. The summed E-state index contributed by atoms with van der Waals surface area (Å²) >= 11 is 7.78. The molecule has 0 aliphatic heterocycles. The lowest BCUT2D eigenvalue weighted by atomic mass is 10.1. The molecule has 4 aliphatic carbocycles. The van der Waals surface area contributed by atoms with E-state index < -0.39 is 17.9 Å². The molecule has 4 aromatic carbocycles. The van der Waals surface area contributed by atoms with E-state index in [0.717, 1.165) is 105 Å². The topological polar surface area (TPSA) is 285 Å². The number of pyridine rings is 3. The van der Waals surface area contributed by atoms with E-state index in [1.807, 2.05) is 31.2 Å². The number of rotatable bonds is 16. The molecule has 0 spiro atoms. The zero-order valence-electron chi connectivity index (χ0n) is 42.4. The number of carbonyl (C=O) groups is 3. The Bertz CT molecular complexity index is 4080. The van der Waals surface area contributed by atoms with Gasteiger partial charge in [-0.05, 0) is 106 Å². The van der Waals surface area contributed by atoms with Gasteiger partial charge in [-0.2, -0.15) is 4.98 Å². The van der Waals surface area contributed by atoms with Crippen molar-refractivity contribution in [2.45, 2.75) is 93.4 Å². The minimum Gasteiger partial charge on any atom is -0.478 e. The van der Waals surface area contributed by atoms with Crippen LogP contribution >= 0.6 is 23.4 Å². The summed E-state index contributed by atoms with van der Waals surface area (Å²) in [4.78, 5) is 74.9. The number of hydrogen-bond donors (Lipinski definition) is 7. The summed E-state index contributed by atoms with van der Waals surface area (Å²) in [6.45, 7) is 2.36. The van der Waals surface area contributed by atoms with Crippen LogP contribution < -0.4 is 26.0 Å². The number of aromatic carboxylic acids is 3. The Morgan fingerprint density at radius 2 is 0.962 bits per heavy atom. The summed E-state index contributed by atoms with van der Waals surface area (Å²) in [6.07, 6.45) is 14.2. The molecule has 4 saturated carbocycles. The molecule has 0 amide bonds. The standard InChI is InChI=1S/C22H17ClN4O2S.C18H17N5O2.C17H16N4O3/c23-17-4-2-1-3-13(17)11-30-22-24-10-16-15-8-5-12(21(28)29)9-18(15)26-20(19(16)27-22)25-14-6-7-14;24-17(25)9-1-6-12-13-8-19-18(21-11-4-5-11)23-15(13)16(20-10-2-3-10)22-14(12)7-9;1-2-24-17-18-8-12-11-6-3-9(16(22)23)7-13(11)20-15(14(12)21-17)19-10-4-5-10/h1-5,8-10,14H,6-7,11H2,(H,25,26)(H,28,29);1,6-8,10-11H,2-5H2,(H,20,22)(H,24,25)(H,19,21,23);3,6-8,10H,2,4-5H2,1H3,(H,19,20)(H,22,23). The number of carboxylic acids is 3. The van der Waals surface area contributed by atoms with Gasteiger partial charge < -0.3 is 41.3 Å². The van der Waals surface area contributed by atoms with Crippen molar-refractivity contribution in [3.8, 4) is 6.01 Å². The van der Waals surface area contributed by atoms with Crippen molar-refractivity contribution >= 4 is 130 Å². The van der Waals surface area contributed by atoms with Gasteiger partial charge in [0.1, 0.15) is 16.6 Å². The fraction of sp³-hybridized carbons (Fsp3) is 0.263. The van der Waals surface area contributed by atoms with Gasteiger partial charge >= 0.3 is 23.9 Å². The molecule has 6 heterocycles. The monoisotopic (exact) mass is 1100 g/mol. The van der Waals surface area contributed by atoms with Gasteiger partial charge in [0.25, 0.3) is 0 Å². The van der Waals surface area contributed by atoms with Gasteiger partial charge in [-0.15, -0.1) is 0 Å². The van der Waals surface area contributed by atoms with E-state index in [4.69, 9.17) is 26.3 Å². The molecular formula is C57H50ClN13O7S. The number of thioether (sulfide) groups is 1. The minimum atomic E-state index is -0.974. The van der Waals surface area contributed by atoms with Crippen LogP contribution in [0.25, 0.3) is 65.4 Å². The van der Waals surface area contributed by atoms with Crippen LogP contribution in [-0.2, 0) is 5.75 Å². The Morgan fingerprint density at radius 1 is 0.532 bits per heavy atom. The number of hydrogen-bond acceptors (Lipinski definition) is 18. The molecule has 398 valence electrons. The molecule has 4 fully saturated rings. The zero-order chi connectivity index (χ0) is 54.3. The second-order valence-electron chi connectivity index (χ2n) is 19.8. The van der Waals surface area contributed by atoms with E-state index in [2.05, 4.69) is 56.2 Å². The smallest absolute Gasteiger partial charge is 0.335 e. The molecule has 0 saturated heterocycles. The van der Waals surface area contributed by atoms with Crippen molar-refractivity contribution in [1.29, 1.82) is 0 Å². The van der Waals surface area contributed by atoms with Gasteiger partial charge in [-0.1, -0.05) is 59.8 Å². The number of anilines is 4. The first-order valence-corrected chi connectivity index (χ1v) is 27.3. The normalized spacial score (nSPS) is 14.8. The molecule has 20 nitrogen and oxygen atoms in total. The summed E-state index contributed by atoms with van der Waals surface area (Å²) in [5.74, 6) is 0.401. The average Bonchev–Trinajstić information content (AvgIpc) is 4.40. The lowest BCUT2D eigenvalue weighted by Crippen LogP contribution is -2.08. The second kappa shape index (κ2) is 21.5. The molecule has 79 heavy (non-hydrogen) atoms. The number of nitrogens with zero attached hydrogens (tertiary/aromatic N) is 9. The van der Waals surface area contributed by atoms with E-state index in [0.29, 0.717) is 93.2 Å². The zero-order valence-corrected chi connectivity index (χ0v) is 44.0. The first-order chi connectivity index (χ1) is 38.4. The van der Waals surface area contributed by atoms with Crippen LogP contribution in [0.1, 0.15) is 94.9 Å². The maximum Gasteiger partial charge on any atom is 0.335 e. The number of halogens is 1. The number of aromatic nitrogens is 9. The van der Waals surface area contributed by atoms with Crippen molar-refractivity contribution in [2.24, 2.45) is 0 Å². The minimum absolute atomic E-state index is 0.207. The van der Waals surface area contributed by atoms with E-state index in [1.165, 1.54) is 11.8 Å². The van der Waals surface area contributed by atoms with Crippen LogP contribution in [0.4, 0.5) is 23.4 Å². The molecule has 14 rings (SSSR count). The van der Waals surface area contributed by atoms with E-state index in [1.54, 1.807) is 73.2 Å². The fourth-order valence-electron chi connectivity index (χ4n) is 8.79. The molecule has 4 aliphatic rings. The molecule has 0 bridgehead atoms. The van der Waals surface area contributed by atoms with Gasteiger partial charge in [0.2, 0.25) is 5.95 Å². The third-order valence-corrected chi connectivity index (χ3v) is 14.8. The van der Waals surface area contributed by atoms with Crippen LogP contribution in [-0.4, -0.2) is 109 Å². The molecule has 10 aromatic rings. The predicted octanol–water partition coefficient (Wildman–Crippen LogP) is 11.3. The summed E-state index contributed by atoms with van der Waals surface area (Å²) < 4.78 is 5.40. The van der Waals surface area contributed by atoms with Gasteiger partial charge in [-0.3, -0.25) is 0 Å². The van der Waals surface area contributed by atoms with Crippen molar-refractivity contribution < 1.29 is 34.4 Å². The quantitative estimate of drug-likeness (QED) is 0.0269. The Balaban J connectivity index is 0.000000119. The summed E-state index contributed by atoms with van der Waals surface area (Å²) in [6, 6.07) is 24.5. The molecule has 22 heteroatoms. The highest BCUT2D eigenvalue weighted by Gasteiger charge is 2.27. The average molecular weight is 1100 g/mol. The van der Waals surface area contributed by atoms with Crippen molar-refractivity contribution in [3.63, 3.8) is 0 Å². The van der Waals surface area contributed by atoms with Gasteiger partial charge in [-0.25, -0.2) is 54.3 Å². The van der Waals surface area contributed by atoms with Gasteiger partial charge in [0, 0.05) is 85.9 Å². The van der Waals surface area contributed by atoms with Crippen LogP contribution in [0.2, 0.25) is 5.02 Å².